The number of amides is 2. The molecule has 0 saturated carbocycles. The van der Waals surface area contributed by atoms with Crippen LogP contribution in [0.5, 0.6) is 5.75 Å². The van der Waals surface area contributed by atoms with E-state index in [0.717, 1.165) is 4.90 Å². The maximum absolute atomic E-state index is 13.5. The molecule has 9 heteroatoms. The van der Waals surface area contributed by atoms with Gasteiger partial charge in [-0.25, -0.2) is 9.69 Å². The van der Waals surface area contributed by atoms with Crippen LogP contribution in [0.15, 0.2) is 47.6 Å². The van der Waals surface area contributed by atoms with Gasteiger partial charge in [-0.3, -0.25) is 14.6 Å². The van der Waals surface area contributed by atoms with E-state index in [1.54, 1.807) is 63.4 Å². The summed E-state index contributed by atoms with van der Waals surface area (Å²) in [6.07, 6.45) is 0. The number of hydrogen-bond donors (Lipinski definition) is 0. The predicted octanol–water partition coefficient (Wildman–Crippen LogP) is 2.95. The Morgan fingerprint density at radius 3 is 2.48 bits per heavy atom. The van der Waals surface area contributed by atoms with Gasteiger partial charge in [-0.2, -0.15) is 5.10 Å². The molecule has 2 aliphatic rings. The van der Waals surface area contributed by atoms with Gasteiger partial charge in [0.05, 0.1) is 25.1 Å². The van der Waals surface area contributed by atoms with Crippen molar-refractivity contribution in [3.05, 3.63) is 53.1 Å². The molecule has 31 heavy (non-hydrogen) atoms. The summed E-state index contributed by atoms with van der Waals surface area (Å²) in [4.78, 5) is 40.5. The second-order valence-corrected chi connectivity index (χ2v) is 7.47. The van der Waals surface area contributed by atoms with Crippen molar-refractivity contribution in [3.63, 3.8) is 0 Å². The average Bonchev–Trinajstić information content (AvgIpc) is 3.28. The first-order valence-corrected chi connectivity index (χ1v) is 10.1. The van der Waals surface area contributed by atoms with Crippen LogP contribution in [0, 0.1) is 12.8 Å². The molecule has 8 nitrogen and oxygen atoms in total. The van der Waals surface area contributed by atoms with Gasteiger partial charge in [0.1, 0.15) is 17.7 Å². The Bertz CT molecular complexity index is 1100. The highest BCUT2D eigenvalue weighted by molar-refractivity contribution is 6.47. The Morgan fingerprint density at radius 2 is 1.84 bits per heavy atom. The fourth-order valence-corrected chi connectivity index (χ4v) is 3.98. The van der Waals surface area contributed by atoms with Crippen LogP contribution in [0.1, 0.15) is 12.5 Å². The lowest BCUT2D eigenvalue weighted by Crippen LogP contribution is -2.39. The van der Waals surface area contributed by atoms with E-state index in [2.05, 4.69) is 5.10 Å². The molecule has 2 amide bonds. The molecular formula is C22H20ClN3O5. The number of methoxy groups -OCH3 is 1. The average molecular weight is 442 g/mol. The van der Waals surface area contributed by atoms with Crippen molar-refractivity contribution >= 4 is 46.5 Å². The van der Waals surface area contributed by atoms with Crippen molar-refractivity contribution in [2.24, 2.45) is 11.0 Å². The van der Waals surface area contributed by atoms with E-state index in [9.17, 15) is 14.4 Å². The number of carbonyl (C=O) groups excluding carboxylic acids is 3. The highest BCUT2D eigenvalue weighted by atomic mass is 35.5. The molecule has 1 saturated heterocycles. The standard InChI is InChI=1S/C22H20ClN3O5/c1-4-31-22(29)18-17-19(26(24-18)13-8-10-14(30-3)11-9-13)21(28)25(20(17)27)16-7-5-6-15(23)12(16)2/h5-11,17,19H,4H2,1-3H3/t17-,19+/m0/s1. The van der Waals surface area contributed by atoms with E-state index in [1.165, 1.54) is 5.01 Å². The van der Waals surface area contributed by atoms with E-state index in [0.29, 0.717) is 27.7 Å². The largest absolute Gasteiger partial charge is 0.497 e. The minimum Gasteiger partial charge on any atom is -0.497 e. The molecule has 2 heterocycles. The van der Waals surface area contributed by atoms with Gasteiger partial charge in [0.25, 0.3) is 5.91 Å². The molecule has 0 spiro atoms. The SMILES string of the molecule is CCOC(=O)C1=NN(c2ccc(OC)cc2)[C@H]2C(=O)N(c3cccc(Cl)c3C)C(=O)[C@@H]12. The lowest BCUT2D eigenvalue weighted by Gasteiger charge is -2.23. The van der Waals surface area contributed by atoms with Crippen molar-refractivity contribution in [1.82, 2.24) is 0 Å². The second kappa shape index (κ2) is 8.03. The zero-order chi connectivity index (χ0) is 22.3. The maximum atomic E-state index is 13.5. The number of carbonyl (C=O) groups is 3. The number of nitrogens with zero attached hydrogens (tertiary/aromatic N) is 3. The summed E-state index contributed by atoms with van der Waals surface area (Å²) in [6.45, 7) is 3.51. The lowest BCUT2D eigenvalue weighted by atomic mass is 9.97. The maximum Gasteiger partial charge on any atom is 0.355 e. The summed E-state index contributed by atoms with van der Waals surface area (Å²) >= 11 is 6.21. The third-order valence-corrected chi connectivity index (χ3v) is 5.76. The molecule has 1 fully saturated rings. The molecule has 0 N–H and O–H groups in total. The number of anilines is 2. The molecule has 0 aliphatic carbocycles. The Kier molecular flexibility index (Phi) is 5.41. The molecule has 0 unspecified atom stereocenters. The van der Waals surface area contributed by atoms with Crippen molar-refractivity contribution in [1.29, 1.82) is 0 Å². The molecule has 4 rings (SSSR count). The number of hydrazone groups is 1. The lowest BCUT2D eigenvalue weighted by molar-refractivity contribution is -0.136. The molecule has 2 atom stereocenters. The van der Waals surface area contributed by atoms with Crippen molar-refractivity contribution in [3.8, 4) is 5.75 Å². The van der Waals surface area contributed by atoms with Gasteiger partial charge in [0.2, 0.25) is 5.91 Å². The first kappa shape index (κ1) is 20.9. The van der Waals surface area contributed by atoms with Gasteiger partial charge < -0.3 is 9.47 Å². The summed E-state index contributed by atoms with van der Waals surface area (Å²) in [6, 6.07) is 10.8. The van der Waals surface area contributed by atoms with Crippen LogP contribution in [0.2, 0.25) is 5.02 Å². The summed E-state index contributed by atoms with van der Waals surface area (Å²) in [7, 11) is 1.54. The van der Waals surface area contributed by atoms with E-state index in [4.69, 9.17) is 21.1 Å². The number of halogens is 1. The summed E-state index contributed by atoms with van der Waals surface area (Å²) < 4.78 is 10.3. The molecule has 2 aromatic carbocycles. The molecule has 2 aromatic rings. The third kappa shape index (κ3) is 3.33. The van der Waals surface area contributed by atoms with Crippen LogP contribution in [0.25, 0.3) is 0 Å². The van der Waals surface area contributed by atoms with Crippen molar-refractivity contribution in [2.75, 3.05) is 23.6 Å². The Balaban J connectivity index is 1.80. The van der Waals surface area contributed by atoms with Crippen LogP contribution in [-0.2, 0) is 19.1 Å². The minimum atomic E-state index is -1.08. The number of imide groups is 1. The first-order valence-electron chi connectivity index (χ1n) is 9.70. The van der Waals surface area contributed by atoms with Crippen LogP contribution >= 0.6 is 11.6 Å². The molecule has 0 radical (unpaired) electrons. The van der Waals surface area contributed by atoms with E-state index >= 15 is 0 Å². The molecule has 2 aliphatic heterocycles. The van der Waals surface area contributed by atoms with Gasteiger partial charge in [0.15, 0.2) is 5.71 Å². The van der Waals surface area contributed by atoms with E-state index in [1.807, 2.05) is 0 Å². The molecule has 0 bridgehead atoms. The van der Waals surface area contributed by atoms with E-state index < -0.39 is 29.7 Å². The molecular weight excluding hydrogens is 422 g/mol. The van der Waals surface area contributed by atoms with Gasteiger partial charge >= 0.3 is 5.97 Å². The van der Waals surface area contributed by atoms with Crippen LogP contribution in [0.4, 0.5) is 11.4 Å². The fourth-order valence-electron chi connectivity index (χ4n) is 3.81. The Hall–Kier alpha value is -3.39. The predicted molar refractivity (Wildman–Crippen MR) is 116 cm³/mol. The quantitative estimate of drug-likeness (QED) is 0.523. The summed E-state index contributed by atoms with van der Waals surface area (Å²) in [5, 5.41) is 6.16. The number of fused-ring (bicyclic) bond motifs is 1. The molecule has 160 valence electrons. The second-order valence-electron chi connectivity index (χ2n) is 7.07. The minimum absolute atomic E-state index is 0.0943. The zero-order valence-corrected chi connectivity index (χ0v) is 17.9. The highest BCUT2D eigenvalue weighted by Gasteiger charge is 2.59. The van der Waals surface area contributed by atoms with Crippen LogP contribution < -0.4 is 14.6 Å². The summed E-state index contributed by atoms with van der Waals surface area (Å²) in [5.41, 5.74) is 1.43. The van der Waals surface area contributed by atoms with Gasteiger partial charge in [-0.15, -0.1) is 0 Å². The first-order chi connectivity index (χ1) is 14.9. The van der Waals surface area contributed by atoms with Gasteiger partial charge in [-0.1, -0.05) is 17.7 Å². The van der Waals surface area contributed by atoms with Crippen molar-refractivity contribution in [2.45, 2.75) is 19.9 Å². The summed E-state index contributed by atoms with van der Waals surface area (Å²) in [5.74, 6) is -2.20. The van der Waals surface area contributed by atoms with Crippen LogP contribution in [0.3, 0.4) is 0 Å². The third-order valence-electron chi connectivity index (χ3n) is 5.35. The van der Waals surface area contributed by atoms with Gasteiger partial charge in [0, 0.05) is 5.02 Å². The smallest absolute Gasteiger partial charge is 0.355 e. The number of ether oxygens (including phenoxy) is 2. The van der Waals surface area contributed by atoms with E-state index in [-0.39, 0.29) is 12.3 Å². The Labute approximate surface area is 184 Å². The number of esters is 1. The molecule has 0 aromatic heterocycles. The fraction of sp³-hybridized carbons (Fsp3) is 0.273. The highest BCUT2D eigenvalue weighted by Crippen LogP contribution is 2.40. The number of rotatable bonds is 5. The number of benzene rings is 2. The normalized spacial score (nSPS) is 20.1. The van der Waals surface area contributed by atoms with Crippen molar-refractivity contribution < 1.29 is 23.9 Å². The van der Waals surface area contributed by atoms with Crippen LogP contribution in [-0.4, -0.2) is 43.3 Å². The Morgan fingerprint density at radius 1 is 1.13 bits per heavy atom. The van der Waals surface area contributed by atoms with Gasteiger partial charge in [-0.05, 0) is 55.8 Å². The monoisotopic (exact) mass is 441 g/mol. The topological polar surface area (TPSA) is 88.5 Å². The number of hydrogen-bond acceptors (Lipinski definition) is 7. The zero-order valence-electron chi connectivity index (χ0n) is 17.2.